The van der Waals surface area contributed by atoms with E-state index in [0.717, 1.165) is 0 Å². The minimum absolute atomic E-state index is 1.92. The minimum Gasteiger partial charge on any atom is -0.477 e. The Hall–Kier alpha value is -1.76. The molecule has 0 aromatic carbocycles. The molecular formula is C7HF11O3. The van der Waals surface area contributed by atoms with Crippen molar-refractivity contribution in [3.63, 3.8) is 0 Å². The highest BCUT2D eigenvalue weighted by molar-refractivity contribution is 5.76. The number of hydrogen-bond donors (Lipinski definition) is 1. The first-order chi connectivity index (χ1) is 8.98. The van der Waals surface area contributed by atoms with Crippen LogP contribution in [0, 0.1) is 0 Å². The number of carboxylic acids is 1. The third kappa shape index (κ3) is 3.47. The van der Waals surface area contributed by atoms with Crippen LogP contribution in [0.4, 0.5) is 48.3 Å². The Morgan fingerprint density at radius 1 is 0.857 bits per heavy atom. The largest absolute Gasteiger partial charge is 0.477 e. The molecule has 14 heteroatoms. The van der Waals surface area contributed by atoms with Gasteiger partial charge in [0.25, 0.3) is 5.83 Å². The summed E-state index contributed by atoms with van der Waals surface area (Å²) in [5, 5.41) is 7.63. The molecule has 0 saturated heterocycles. The van der Waals surface area contributed by atoms with E-state index in [1.807, 2.05) is 4.74 Å². The zero-order valence-electron chi connectivity index (χ0n) is 8.92. The van der Waals surface area contributed by atoms with Crippen LogP contribution >= 0.6 is 0 Å². The summed E-state index contributed by atoms with van der Waals surface area (Å²) in [6.07, 6.45) is -13.1. The number of alkyl halides is 9. The van der Waals surface area contributed by atoms with Gasteiger partial charge >= 0.3 is 36.1 Å². The lowest BCUT2D eigenvalue weighted by Crippen LogP contribution is -2.58. The first kappa shape index (κ1) is 19.2. The van der Waals surface area contributed by atoms with Crippen molar-refractivity contribution in [3.8, 4) is 0 Å². The molecule has 0 unspecified atom stereocenters. The van der Waals surface area contributed by atoms with E-state index >= 15 is 0 Å². The van der Waals surface area contributed by atoms with Crippen molar-refractivity contribution < 1.29 is 62.9 Å². The molecule has 0 heterocycles. The molecule has 0 amide bonds. The molecule has 0 rings (SSSR count). The Kier molecular flexibility index (Phi) is 4.78. The predicted octanol–water partition coefficient (Wildman–Crippen LogP) is 3.62. The van der Waals surface area contributed by atoms with Crippen molar-refractivity contribution >= 4 is 5.97 Å². The summed E-state index contributed by atoms with van der Waals surface area (Å²) in [7, 11) is 0. The molecule has 0 saturated carbocycles. The zero-order chi connectivity index (χ0) is 17.4. The second-order valence-electron chi connectivity index (χ2n) is 3.16. The van der Waals surface area contributed by atoms with E-state index in [0.29, 0.717) is 0 Å². The van der Waals surface area contributed by atoms with Gasteiger partial charge in [0.15, 0.2) is 0 Å². The van der Waals surface area contributed by atoms with Crippen LogP contribution in [0.5, 0.6) is 0 Å². The van der Waals surface area contributed by atoms with E-state index in [9.17, 15) is 53.1 Å². The van der Waals surface area contributed by atoms with Gasteiger partial charge in [-0.3, -0.25) is 0 Å². The number of carbonyl (C=O) groups is 1. The van der Waals surface area contributed by atoms with Gasteiger partial charge in [0.1, 0.15) is 0 Å². The van der Waals surface area contributed by atoms with Crippen LogP contribution in [0.2, 0.25) is 0 Å². The molecule has 0 fully saturated rings. The molecule has 0 aliphatic rings. The van der Waals surface area contributed by atoms with E-state index in [2.05, 4.69) is 0 Å². The Morgan fingerprint density at radius 2 is 1.24 bits per heavy atom. The maximum Gasteiger partial charge on any atom is 0.473 e. The van der Waals surface area contributed by atoms with Crippen LogP contribution < -0.4 is 0 Å². The monoisotopic (exact) mass is 342 g/mol. The average Bonchev–Trinajstić information content (AvgIpc) is 2.25. The lowest BCUT2D eigenvalue weighted by atomic mass is 10.1. The molecule has 0 spiro atoms. The highest BCUT2D eigenvalue weighted by Gasteiger charge is 2.78. The van der Waals surface area contributed by atoms with Gasteiger partial charge < -0.3 is 9.84 Å². The smallest absolute Gasteiger partial charge is 0.473 e. The molecule has 1 N–H and O–H groups in total. The average molecular weight is 342 g/mol. The fourth-order valence-electron chi connectivity index (χ4n) is 0.650. The van der Waals surface area contributed by atoms with Crippen LogP contribution in [0.3, 0.4) is 0 Å². The molecule has 0 aliphatic carbocycles. The number of aliphatic carboxylic acids is 1. The van der Waals surface area contributed by atoms with Gasteiger partial charge in [-0.15, -0.1) is 0 Å². The number of carboxylic acid groups (broad SMARTS) is 1. The summed E-state index contributed by atoms with van der Waals surface area (Å²) in [6, 6.07) is -3.98. The first-order valence-corrected chi connectivity index (χ1v) is 4.16. The number of rotatable bonds is 5. The summed E-state index contributed by atoms with van der Waals surface area (Å²) in [5.41, 5.74) is 0. The van der Waals surface area contributed by atoms with Crippen molar-refractivity contribution in [2.45, 2.75) is 24.1 Å². The highest BCUT2D eigenvalue weighted by Crippen LogP contribution is 2.48. The number of hydrogen-bond acceptors (Lipinski definition) is 2. The van der Waals surface area contributed by atoms with E-state index < -0.39 is 41.9 Å². The molecule has 0 aliphatic heterocycles. The van der Waals surface area contributed by atoms with E-state index in [4.69, 9.17) is 5.11 Å². The third-order valence-corrected chi connectivity index (χ3v) is 1.67. The lowest BCUT2D eigenvalue weighted by Gasteiger charge is -2.29. The maximum absolute atomic E-state index is 12.6. The van der Waals surface area contributed by atoms with Crippen LogP contribution in [0.15, 0.2) is 11.8 Å². The maximum atomic E-state index is 12.6. The van der Waals surface area contributed by atoms with Gasteiger partial charge in [0.05, 0.1) is 0 Å². The fraction of sp³-hybridized carbons (Fsp3) is 0.571. The van der Waals surface area contributed by atoms with Crippen LogP contribution in [0.1, 0.15) is 0 Å². The quantitative estimate of drug-likeness (QED) is 0.613. The molecule has 0 aromatic rings. The summed E-state index contributed by atoms with van der Waals surface area (Å²) >= 11 is 0. The van der Waals surface area contributed by atoms with Gasteiger partial charge in [0.2, 0.25) is 0 Å². The predicted molar refractivity (Wildman–Crippen MR) is 38.9 cm³/mol. The molecule has 0 aromatic heterocycles. The second-order valence-corrected chi connectivity index (χ2v) is 3.16. The summed E-state index contributed by atoms with van der Waals surface area (Å²) in [5.74, 6) is -21.4. The number of halogens is 11. The number of allylic oxidation sites excluding steroid dienone is 1. The van der Waals surface area contributed by atoms with Crippen LogP contribution in [0.25, 0.3) is 0 Å². The van der Waals surface area contributed by atoms with Gasteiger partial charge in [-0.05, 0) is 0 Å². The van der Waals surface area contributed by atoms with E-state index in [1.165, 1.54) is 0 Å². The van der Waals surface area contributed by atoms with Gasteiger partial charge in [-0.2, -0.15) is 48.3 Å². The van der Waals surface area contributed by atoms with Crippen LogP contribution in [-0.4, -0.2) is 35.2 Å². The highest BCUT2D eigenvalue weighted by atomic mass is 19.4. The summed E-state index contributed by atoms with van der Waals surface area (Å²) < 4.78 is 136. The summed E-state index contributed by atoms with van der Waals surface area (Å²) in [6.45, 7) is 0. The standard InChI is InChI=1S/C7HF11O3/c8-1(5(12,13)14)2(9)21-7(17,18)6(15,16)4(10,11)3(19)20/h(H,19,20). The number of ether oxygens (including phenoxy) is 1. The van der Waals surface area contributed by atoms with E-state index in [-0.39, 0.29) is 0 Å². The van der Waals surface area contributed by atoms with Crippen molar-refractivity contribution in [3.05, 3.63) is 11.8 Å². The second kappa shape index (κ2) is 5.22. The van der Waals surface area contributed by atoms with Gasteiger partial charge in [0, 0.05) is 0 Å². The van der Waals surface area contributed by atoms with Crippen molar-refractivity contribution in [2.24, 2.45) is 0 Å². The molecule has 21 heavy (non-hydrogen) atoms. The van der Waals surface area contributed by atoms with Crippen LogP contribution in [-0.2, 0) is 9.53 Å². The third-order valence-electron chi connectivity index (χ3n) is 1.67. The van der Waals surface area contributed by atoms with E-state index in [1.54, 1.807) is 0 Å². The molecule has 3 nitrogen and oxygen atoms in total. The van der Waals surface area contributed by atoms with Gasteiger partial charge in [-0.25, -0.2) is 4.79 Å². The van der Waals surface area contributed by atoms with Gasteiger partial charge in [-0.1, -0.05) is 0 Å². The molecule has 0 radical (unpaired) electrons. The van der Waals surface area contributed by atoms with Crippen molar-refractivity contribution in [2.75, 3.05) is 0 Å². The Balaban J connectivity index is 5.66. The Bertz CT molecular complexity index is 449. The van der Waals surface area contributed by atoms with Crippen molar-refractivity contribution in [1.29, 1.82) is 0 Å². The lowest BCUT2D eigenvalue weighted by molar-refractivity contribution is -0.386. The normalized spacial score (nSPS) is 15.6. The molecule has 0 bridgehead atoms. The topological polar surface area (TPSA) is 46.5 Å². The molecular weight excluding hydrogens is 341 g/mol. The molecule has 124 valence electrons. The Labute approximate surface area is 106 Å². The van der Waals surface area contributed by atoms with Crippen molar-refractivity contribution in [1.82, 2.24) is 0 Å². The summed E-state index contributed by atoms with van der Waals surface area (Å²) in [4.78, 5) is 9.71. The SMILES string of the molecule is O=C(O)C(F)(F)C(F)(F)C(F)(F)OC(F)=C(F)C(F)(F)F. The molecule has 0 atom stereocenters. The Morgan fingerprint density at radius 3 is 1.52 bits per heavy atom. The fourth-order valence-corrected chi connectivity index (χ4v) is 0.650. The first-order valence-electron chi connectivity index (χ1n) is 4.16. The zero-order valence-corrected chi connectivity index (χ0v) is 8.92. The minimum atomic E-state index is -6.99.